The number of hydrogen-bond donors (Lipinski definition) is 0. The molecule has 3 rings (SSSR count). The third kappa shape index (κ3) is 4.35. The maximum absolute atomic E-state index is 12.9. The first-order valence-corrected chi connectivity index (χ1v) is 9.30. The van der Waals surface area contributed by atoms with E-state index in [9.17, 15) is 4.79 Å². The Balaban J connectivity index is 1.80. The van der Waals surface area contributed by atoms with Crippen LogP contribution in [-0.2, 0) is 11.2 Å². The van der Waals surface area contributed by atoms with Gasteiger partial charge in [0.15, 0.2) is 0 Å². The van der Waals surface area contributed by atoms with E-state index in [-0.39, 0.29) is 12.1 Å². The Labute approximate surface area is 159 Å². The summed E-state index contributed by atoms with van der Waals surface area (Å²) in [5, 5.41) is 0.985. The maximum Gasteiger partial charge on any atom is 0.228 e. The van der Waals surface area contributed by atoms with E-state index >= 15 is 0 Å². The highest BCUT2D eigenvalue weighted by Gasteiger charge is 2.29. The number of nitrogens with zero attached hydrogens (tertiary/aromatic N) is 2. The quantitative estimate of drug-likeness (QED) is 0.748. The Bertz CT molecular complexity index is 730. The molecule has 5 heteroatoms. The highest BCUT2D eigenvalue weighted by atomic mass is 35.5. The minimum Gasteiger partial charge on any atom is -0.325 e. The first-order valence-electron chi connectivity index (χ1n) is 8.55. The molecule has 0 saturated carbocycles. The van der Waals surface area contributed by atoms with Crippen molar-refractivity contribution in [2.75, 3.05) is 20.1 Å². The summed E-state index contributed by atoms with van der Waals surface area (Å²) < 4.78 is 0. The van der Waals surface area contributed by atoms with Crippen molar-refractivity contribution >= 4 is 29.1 Å². The van der Waals surface area contributed by atoms with Gasteiger partial charge in [0.25, 0.3) is 0 Å². The summed E-state index contributed by atoms with van der Waals surface area (Å²) >= 11 is 12.0. The largest absolute Gasteiger partial charge is 0.325 e. The molecule has 1 unspecified atom stereocenters. The molecule has 0 spiro atoms. The van der Waals surface area contributed by atoms with E-state index in [4.69, 9.17) is 23.2 Å². The topological polar surface area (TPSA) is 23.6 Å². The number of likely N-dealkylation sites (tertiary alicyclic amines) is 1. The predicted octanol–water partition coefficient (Wildman–Crippen LogP) is 4.79. The first kappa shape index (κ1) is 18.2. The van der Waals surface area contributed by atoms with Gasteiger partial charge in [0.05, 0.1) is 16.5 Å². The average Bonchev–Trinajstić information content (AvgIpc) is 3.13. The zero-order chi connectivity index (χ0) is 17.8. The van der Waals surface area contributed by atoms with Gasteiger partial charge >= 0.3 is 0 Å². The third-order valence-electron chi connectivity index (χ3n) is 4.68. The Morgan fingerprint density at radius 1 is 1.08 bits per heavy atom. The van der Waals surface area contributed by atoms with Crippen molar-refractivity contribution < 1.29 is 4.79 Å². The van der Waals surface area contributed by atoms with Crippen LogP contribution in [0.2, 0.25) is 10.0 Å². The molecule has 1 fully saturated rings. The normalized spacial score (nSPS) is 16.0. The predicted molar refractivity (Wildman–Crippen MR) is 103 cm³/mol. The van der Waals surface area contributed by atoms with Crippen molar-refractivity contribution in [3.05, 3.63) is 69.7 Å². The molecule has 2 aromatic carbocycles. The second-order valence-electron chi connectivity index (χ2n) is 6.46. The van der Waals surface area contributed by atoms with E-state index < -0.39 is 0 Å². The van der Waals surface area contributed by atoms with E-state index in [0.29, 0.717) is 16.5 Å². The number of carbonyl (C=O) groups excluding carboxylic acids is 1. The summed E-state index contributed by atoms with van der Waals surface area (Å²) in [6.07, 6.45) is 2.64. The van der Waals surface area contributed by atoms with Crippen molar-refractivity contribution in [2.24, 2.45) is 0 Å². The first-order chi connectivity index (χ1) is 12.1. The van der Waals surface area contributed by atoms with Gasteiger partial charge in [-0.15, -0.1) is 0 Å². The molecule has 3 nitrogen and oxygen atoms in total. The zero-order valence-electron chi connectivity index (χ0n) is 14.3. The van der Waals surface area contributed by atoms with E-state index in [1.54, 1.807) is 12.1 Å². The second-order valence-corrected chi connectivity index (χ2v) is 7.27. The number of carbonyl (C=O) groups is 1. The van der Waals surface area contributed by atoms with Crippen LogP contribution in [0.3, 0.4) is 0 Å². The summed E-state index contributed by atoms with van der Waals surface area (Å²) in [5.74, 6) is 0.0687. The molecule has 0 N–H and O–H groups in total. The fraction of sp³-hybridized carbons (Fsp3) is 0.350. The van der Waals surface area contributed by atoms with Crippen molar-refractivity contribution in [1.82, 2.24) is 9.80 Å². The molecule has 2 aromatic rings. The molecule has 132 valence electrons. The van der Waals surface area contributed by atoms with Crippen molar-refractivity contribution in [2.45, 2.75) is 25.4 Å². The van der Waals surface area contributed by atoms with Gasteiger partial charge in [0, 0.05) is 20.1 Å². The zero-order valence-corrected chi connectivity index (χ0v) is 15.8. The average molecular weight is 377 g/mol. The van der Waals surface area contributed by atoms with Crippen LogP contribution in [0.25, 0.3) is 0 Å². The van der Waals surface area contributed by atoms with Crippen LogP contribution in [0.15, 0.2) is 48.5 Å². The van der Waals surface area contributed by atoms with Gasteiger partial charge in [-0.2, -0.15) is 0 Å². The van der Waals surface area contributed by atoms with Crippen LogP contribution in [-0.4, -0.2) is 35.8 Å². The third-order valence-corrected chi connectivity index (χ3v) is 5.42. The fourth-order valence-corrected chi connectivity index (χ4v) is 3.70. The molecule has 1 aliphatic heterocycles. The van der Waals surface area contributed by atoms with E-state index in [2.05, 4.69) is 17.0 Å². The maximum atomic E-state index is 12.9. The van der Waals surface area contributed by atoms with Crippen molar-refractivity contribution in [1.29, 1.82) is 0 Å². The summed E-state index contributed by atoms with van der Waals surface area (Å²) in [4.78, 5) is 17.1. The SMILES string of the molecule is CN(C(=O)Cc1ccc(Cl)c(Cl)c1)C(c1ccccc1)N1CCCC1. The van der Waals surface area contributed by atoms with Crippen molar-refractivity contribution in [3.63, 3.8) is 0 Å². The molecule has 1 aliphatic rings. The van der Waals surface area contributed by atoms with Crippen LogP contribution in [0.1, 0.15) is 30.1 Å². The highest BCUT2D eigenvalue weighted by molar-refractivity contribution is 6.42. The Morgan fingerprint density at radius 2 is 1.76 bits per heavy atom. The summed E-state index contributed by atoms with van der Waals surface area (Å²) in [5.41, 5.74) is 2.02. The molecular formula is C20H22Cl2N2O. The lowest BCUT2D eigenvalue weighted by Gasteiger charge is -2.36. The monoisotopic (exact) mass is 376 g/mol. The number of rotatable bonds is 5. The van der Waals surface area contributed by atoms with Crippen LogP contribution < -0.4 is 0 Å². The molecule has 1 heterocycles. The molecule has 0 bridgehead atoms. The van der Waals surface area contributed by atoms with Gasteiger partial charge in [-0.3, -0.25) is 9.69 Å². The van der Waals surface area contributed by atoms with E-state index in [0.717, 1.165) is 24.2 Å². The lowest BCUT2D eigenvalue weighted by Crippen LogP contribution is -2.42. The Morgan fingerprint density at radius 3 is 2.40 bits per heavy atom. The summed E-state index contributed by atoms with van der Waals surface area (Å²) in [7, 11) is 1.88. The van der Waals surface area contributed by atoms with Gasteiger partial charge in [0.2, 0.25) is 5.91 Å². The number of amides is 1. The van der Waals surface area contributed by atoms with Crippen LogP contribution >= 0.6 is 23.2 Å². The molecule has 1 amide bonds. The number of hydrogen-bond acceptors (Lipinski definition) is 2. The molecule has 25 heavy (non-hydrogen) atoms. The number of benzene rings is 2. The molecule has 1 atom stereocenters. The van der Waals surface area contributed by atoms with Crippen molar-refractivity contribution in [3.8, 4) is 0 Å². The Kier molecular flexibility index (Phi) is 6.00. The Hall–Kier alpha value is -1.55. The smallest absolute Gasteiger partial charge is 0.228 e. The van der Waals surface area contributed by atoms with Gasteiger partial charge in [-0.05, 0) is 36.1 Å². The van der Waals surface area contributed by atoms with Gasteiger partial charge in [0.1, 0.15) is 6.17 Å². The van der Waals surface area contributed by atoms with E-state index in [1.807, 2.05) is 36.2 Å². The molecule has 1 saturated heterocycles. The molecule has 0 aromatic heterocycles. The van der Waals surface area contributed by atoms with Gasteiger partial charge in [-0.25, -0.2) is 0 Å². The minimum atomic E-state index is -0.0287. The lowest BCUT2D eigenvalue weighted by molar-refractivity contribution is -0.135. The van der Waals surface area contributed by atoms with Crippen LogP contribution in [0, 0.1) is 0 Å². The molecule has 0 aliphatic carbocycles. The van der Waals surface area contributed by atoms with E-state index in [1.165, 1.54) is 12.8 Å². The van der Waals surface area contributed by atoms with Crippen LogP contribution in [0.4, 0.5) is 0 Å². The standard InChI is InChI=1S/C20H22Cl2N2O/c1-23(19(25)14-15-9-10-17(21)18(22)13-15)20(24-11-5-6-12-24)16-7-3-2-4-8-16/h2-4,7-10,13,20H,5-6,11-12,14H2,1H3. The molecule has 0 radical (unpaired) electrons. The summed E-state index contributed by atoms with van der Waals surface area (Å²) in [6.45, 7) is 2.04. The minimum absolute atomic E-state index is 0.0287. The van der Waals surface area contributed by atoms with Gasteiger partial charge in [-0.1, -0.05) is 59.6 Å². The molecular weight excluding hydrogens is 355 g/mol. The fourth-order valence-electron chi connectivity index (χ4n) is 3.38. The van der Waals surface area contributed by atoms with Gasteiger partial charge < -0.3 is 4.90 Å². The van der Waals surface area contributed by atoms with Crippen LogP contribution in [0.5, 0.6) is 0 Å². The lowest BCUT2D eigenvalue weighted by atomic mass is 10.1. The number of likely N-dealkylation sites (N-methyl/N-ethyl adjacent to an activating group) is 1. The highest BCUT2D eigenvalue weighted by Crippen LogP contribution is 2.29. The number of halogens is 2. The summed E-state index contributed by atoms with van der Waals surface area (Å²) in [6, 6.07) is 15.6. The second kappa shape index (κ2) is 8.22.